The summed E-state index contributed by atoms with van der Waals surface area (Å²) in [6.45, 7) is 2.63. The first-order valence-electron chi connectivity index (χ1n) is 10.0. The lowest BCUT2D eigenvalue weighted by molar-refractivity contribution is -0.242. The second-order valence-electron chi connectivity index (χ2n) is 6.57. The molecule has 1 rings (SSSR count). The van der Waals surface area contributed by atoms with Gasteiger partial charge >= 0.3 is 11.9 Å². The van der Waals surface area contributed by atoms with Gasteiger partial charge in [-0.2, -0.15) is 0 Å². The van der Waals surface area contributed by atoms with Crippen LogP contribution in [0.5, 0.6) is 0 Å². The van der Waals surface area contributed by atoms with Crippen LogP contribution in [0.25, 0.3) is 0 Å². The van der Waals surface area contributed by atoms with Gasteiger partial charge < -0.3 is 19.7 Å². The lowest BCUT2D eigenvalue weighted by Gasteiger charge is -2.20. The summed E-state index contributed by atoms with van der Waals surface area (Å²) in [5.41, 5.74) is 0.256. The van der Waals surface area contributed by atoms with Gasteiger partial charge in [0.25, 0.3) is 0 Å². The van der Waals surface area contributed by atoms with Gasteiger partial charge in [-0.15, -0.1) is 0 Å². The highest BCUT2D eigenvalue weighted by Gasteiger charge is 2.30. The van der Waals surface area contributed by atoms with Crippen LogP contribution in [-0.4, -0.2) is 61.3 Å². The zero-order valence-corrected chi connectivity index (χ0v) is 17.0. The maximum Gasteiger partial charge on any atom is 0.386 e. The van der Waals surface area contributed by atoms with E-state index in [1.165, 1.54) is 0 Å². The molecule has 0 saturated carbocycles. The zero-order valence-electron chi connectivity index (χ0n) is 17.0. The van der Waals surface area contributed by atoms with Crippen molar-refractivity contribution >= 4 is 11.9 Å². The Labute approximate surface area is 171 Å². The predicted octanol–water partition coefficient (Wildman–Crippen LogP) is 2.27. The number of aliphatic hydroxyl groups excluding tert-OH is 2. The van der Waals surface area contributed by atoms with Crippen molar-refractivity contribution in [2.45, 2.75) is 45.1 Å². The SMILES string of the molecule is CCCCCCC(C(=O)OOC(=O)c1ccccc1)C(O)COCCOCCO. The number of aliphatic hydroxyl groups is 2. The van der Waals surface area contributed by atoms with Gasteiger partial charge in [-0.3, -0.25) is 0 Å². The lowest BCUT2D eigenvalue weighted by Crippen LogP contribution is -2.34. The first kappa shape index (κ1) is 25.0. The molecule has 0 saturated heterocycles. The van der Waals surface area contributed by atoms with E-state index < -0.39 is 24.0 Å². The molecule has 8 heteroatoms. The number of unbranched alkanes of at least 4 members (excludes halogenated alkanes) is 3. The Morgan fingerprint density at radius 1 is 0.966 bits per heavy atom. The van der Waals surface area contributed by atoms with Crippen LogP contribution in [0, 0.1) is 5.92 Å². The summed E-state index contributed by atoms with van der Waals surface area (Å²) in [6.07, 6.45) is 3.03. The van der Waals surface area contributed by atoms with Crippen molar-refractivity contribution in [3.05, 3.63) is 35.9 Å². The maximum atomic E-state index is 12.4. The Bertz CT molecular complexity index is 563. The van der Waals surface area contributed by atoms with Gasteiger partial charge in [0.1, 0.15) is 0 Å². The summed E-state index contributed by atoms with van der Waals surface area (Å²) in [5.74, 6) is -2.46. The minimum atomic E-state index is -1.10. The highest BCUT2D eigenvalue weighted by atomic mass is 17.2. The van der Waals surface area contributed by atoms with E-state index >= 15 is 0 Å². The standard InChI is InChI=1S/C21H32O8/c1-2-3-4-8-11-18(19(23)16-27-15-14-26-13-12-22)21(25)29-28-20(24)17-9-6-5-7-10-17/h5-7,9-10,18-19,22-23H,2-4,8,11-16H2,1H3. The van der Waals surface area contributed by atoms with E-state index in [0.29, 0.717) is 6.42 Å². The van der Waals surface area contributed by atoms with Crippen LogP contribution < -0.4 is 0 Å². The van der Waals surface area contributed by atoms with Gasteiger partial charge in [0, 0.05) is 0 Å². The average molecular weight is 412 g/mol. The van der Waals surface area contributed by atoms with Gasteiger partial charge in [0.05, 0.1) is 50.6 Å². The van der Waals surface area contributed by atoms with Gasteiger partial charge in [-0.25, -0.2) is 19.4 Å². The predicted molar refractivity (Wildman–Crippen MR) is 105 cm³/mol. The molecule has 29 heavy (non-hydrogen) atoms. The topological polar surface area (TPSA) is 112 Å². The summed E-state index contributed by atoms with van der Waals surface area (Å²) in [6, 6.07) is 8.17. The number of benzene rings is 1. The summed E-state index contributed by atoms with van der Waals surface area (Å²) in [4.78, 5) is 33.6. The molecule has 0 fully saturated rings. The molecule has 164 valence electrons. The Hall–Kier alpha value is -2.00. The van der Waals surface area contributed by atoms with Crippen molar-refractivity contribution in [3.8, 4) is 0 Å². The molecule has 2 atom stereocenters. The van der Waals surface area contributed by atoms with Crippen molar-refractivity contribution in [1.82, 2.24) is 0 Å². The van der Waals surface area contributed by atoms with Crippen LogP contribution in [0.1, 0.15) is 49.4 Å². The van der Waals surface area contributed by atoms with E-state index in [4.69, 9.17) is 19.5 Å². The number of carbonyl (C=O) groups excluding carboxylic acids is 2. The largest absolute Gasteiger partial charge is 0.394 e. The molecule has 1 aromatic rings. The van der Waals surface area contributed by atoms with Crippen molar-refractivity contribution in [2.24, 2.45) is 5.92 Å². The highest BCUT2D eigenvalue weighted by Crippen LogP contribution is 2.18. The molecule has 0 radical (unpaired) electrons. The minimum Gasteiger partial charge on any atom is -0.394 e. The first-order valence-corrected chi connectivity index (χ1v) is 10.0. The summed E-state index contributed by atoms with van der Waals surface area (Å²) in [5, 5.41) is 19.0. The maximum absolute atomic E-state index is 12.4. The molecule has 0 aliphatic rings. The van der Waals surface area contributed by atoms with E-state index in [9.17, 15) is 14.7 Å². The molecule has 8 nitrogen and oxygen atoms in total. The molecule has 0 spiro atoms. The molecule has 0 aromatic heterocycles. The molecular weight excluding hydrogens is 380 g/mol. The summed E-state index contributed by atoms with van der Waals surface area (Å²) < 4.78 is 10.4. The molecule has 1 aromatic carbocycles. The van der Waals surface area contributed by atoms with Crippen LogP contribution in [0.2, 0.25) is 0 Å². The fraction of sp³-hybridized carbons (Fsp3) is 0.619. The van der Waals surface area contributed by atoms with Crippen LogP contribution in [0.4, 0.5) is 0 Å². The molecular formula is C21H32O8. The fourth-order valence-corrected chi connectivity index (χ4v) is 2.63. The quantitative estimate of drug-likeness (QED) is 0.256. The Morgan fingerprint density at radius 3 is 2.38 bits per heavy atom. The Balaban J connectivity index is 2.50. The average Bonchev–Trinajstić information content (AvgIpc) is 2.74. The van der Waals surface area contributed by atoms with Crippen LogP contribution >= 0.6 is 0 Å². The number of hydrogen-bond acceptors (Lipinski definition) is 8. The molecule has 0 bridgehead atoms. The van der Waals surface area contributed by atoms with E-state index in [2.05, 4.69) is 11.8 Å². The van der Waals surface area contributed by atoms with Crippen LogP contribution in [0.15, 0.2) is 30.3 Å². The van der Waals surface area contributed by atoms with Gasteiger partial charge in [0.2, 0.25) is 0 Å². The third kappa shape index (κ3) is 10.9. The van der Waals surface area contributed by atoms with E-state index in [0.717, 1.165) is 25.7 Å². The van der Waals surface area contributed by atoms with Crippen LogP contribution in [0.3, 0.4) is 0 Å². The van der Waals surface area contributed by atoms with Gasteiger partial charge in [-0.1, -0.05) is 50.8 Å². The first-order chi connectivity index (χ1) is 14.1. The Kier molecular flexibility index (Phi) is 13.7. The highest BCUT2D eigenvalue weighted by molar-refractivity contribution is 5.89. The molecule has 0 amide bonds. The number of hydrogen-bond donors (Lipinski definition) is 2. The second kappa shape index (κ2) is 15.9. The Morgan fingerprint density at radius 2 is 1.69 bits per heavy atom. The monoisotopic (exact) mass is 412 g/mol. The minimum absolute atomic E-state index is 0.0734. The number of carbonyl (C=O) groups is 2. The number of ether oxygens (including phenoxy) is 2. The molecule has 0 heterocycles. The zero-order chi connectivity index (χ0) is 21.3. The molecule has 2 N–H and O–H groups in total. The normalized spacial score (nSPS) is 12.9. The number of rotatable bonds is 15. The summed E-state index contributed by atoms with van der Waals surface area (Å²) in [7, 11) is 0. The van der Waals surface area contributed by atoms with Crippen molar-refractivity contribution in [3.63, 3.8) is 0 Å². The van der Waals surface area contributed by atoms with Crippen molar-refractivity contribution < 1.29 is 39.1 Å². The summed E-state index contributed by atoms with van der Waals surface area (Å²) >= 11 is 0. The fourth-order valence-electron chi connectivity index (χ4n) is 2.63. The van der Waals surface area contributed by atoms with E-state index in [-0.39, 0.29) is 38.6 Å². The van der Waals surface area contributed by atoms with Crippen molar-refractivity contribution in [1.29, 1.82) is 0 Å². The van der Waals surface area contributed by atoms with Gasteiger partial charge in [0.15, 0.2) is 0 Å². The molecule has 0 aliphatic heterocycles. The van der Waals surface area contributed by atoms with Crippen LogP contribution in [-0.2, 0) is 24.0 Å². The van der Waals surface area contributed by atoms with E-state index in [1.807, 2.05) is 0 Å². The third-order valence-corrected chi connectivity index (χ3v) is 4.24. The molecule has 0 aliphatic carbocycles. The molecule has 2 unspecified atom stereocenters. The third-order valence-electron chi connectivity index (χ3n) is 4.24. The smallest absolute Gasteiger partial charge is 0.386 e. The lowest BCUT2D eigenvalue weighted by atomic mass is 9.95. The van der Waals surface area contributed by atoms with Gasteiger partial charge in [-0.05, 0) is 18.6 Å². The van der Waals surface area contributed by atoms with E-state index in [1.54, 1.807) is 30.3 Å². The van der Waals surface area contributed by atoms with Crippen molar-refractivity contribution in [2.75, 3.05) is 33.0 Å². The second-order valence-corrected chi connectivity index (χ2v) is 6.57.